The number of rotatable bonds is 3. The lowest BCUT2D eigenvalue weighted by molar-refractivity contribution is 0.0818. The van der Waals surface area contributed by atoms with Gasteiger partial charge in [-0.1, -0.05) is 20.3 Å². The SMILES string of the molecule is CCC1CCN(C(C)C2CCC2)CC(C)CN1. The Hall–Kier alpha value is -0.0800. The molecule has 0 spiro atoms. The molecule has 1 aliphatic carbocycles. The summed E-state index contributed by atoms with van der Waals surface area (Å²) >= 11 is 0. The summed E-state index contributed by atoms with van der Waals surface area (Å²) in [6.07, 6.45) is 7.03. The normalized spacial score (nSPS) is 34.8. The molecule has 2 aliphatic rings. The molecule has 0 aromatic heterocycles. The van der Waals surface area contributed by atoms with E-state index in [1.165, 1.54) is 51.7 Å². The van der Waals surface area contributed by atoms with Crippen LogP contribution in [0.15, 0.2) is 0 Å². The van der Waals surface area contributed by atoms with Crippen molar-refractivity contribution < 1.29 is 0 Å². The standard InChI is InChI=1S/C15H30N2/c1-4-15-8-9-17(11-12(2)10-16-15)13(3)14-6-5-7-14/h12-16H,4-11H2,1-3H3. The molecule has 0 aromatic carbocycles. The molecule has 100 valence electrons. The van der Waals surface area contributed by atoms with Crippen LogP contribution in [0.4, 0.5) is 0 Å². The van der Waals surface area contributed by atoms with Crippen molar-refractivity contribution in [3.63, 3.8) is 0 Å². The van der Waals surface area contributed by atoms with E-state index in [0.717, 1.165) is 23.9 Å². The molecule has 0 amide bonds. The molecule has 3 atom stereocenters. The van der Waals surface area contributed by atoms with E-state index in [0.29, 0.717) is 0 Å². The maximum absolute atomic E-state index is 3.71. The third kappa shape index (κ3) is 3.45. The van der Waals surface area contributed by atoms with Crippen LogP contribution in [0, 0.1) is 11.8 Å². The quantitative estimate of drug-likeness (QED) is 0.813. The van der Waals surface area contributed by atoms with E-state index in [4.69, 9.17) is 0 Å². The Morgan fingerprint density at radius 1 is 1.29 bits per heavy atom. The Bertz CT molecular complexity index is 225. The highest BCUT2D eigenvalue weighted by atomic mass is 15.2. The largest absolute Gasteiger partial charge is 0.314 e. The monoisotopic (exact) mass is 238 g/mol. The van der Waals surface area contributed by atoms with Gasteiger partial charge in [0.15, 0.2) is 0 Å². The second kappa shape index (κ2) is 6.19. The molecule has 2 fully saturated rings. The molecule has 1 saturated carbocycles. The molecule has 2 heteroatoms. The molecule has 2 rings (SSSR count). The molecule has 1 aliphatic heterocycles. The number of nitrogens with one attached hydrogen (secondary N) is 1. The van der Waals surface area contributed by atoms with E-state index in [2.05, 4.69) is 31.0 Å². The van der Waals surface area contributed by atoms with E-state index >= 15 is 0 Å². The van der Waals surface area contributed by atoms with E-state index in [-0.39, 0.29) is 0 Å². The van der Waals surface area contributed by atoms with Crippen molar-refractivity contribution in [1.29, 1.82) is 0 Å². The zero-order valence-electron chi connectivity index (χ0n) is 11.9. The minimum absolute atomic E-state index is 0.744. The lowest BCUT2D eigenvalue weighted by atomic mass is 9.79. The van der Waals surface area contributed by atoms with Gasteiger partial charge in [-0.05, 0) is 57.5 Å². The third-order valence-corrected chi connectivity index (χ3v) is 4.97. The Balaban J connectivity index is 1.89. The Morgan fingerprint density at radius 2 is 2.06 bits per heavy atom. The summed E-state index contributed by atoms with van der Waals surface area (Å²) in [5.41, 5.74) is 0. The lowest BCUT2D eigenvalue weighted by Crippen LogP contribution is -2.49. The van der Waals surface area contributed by atoms with Gasteiger partial charge in [0.2, 0.25) is 0 Å². The zero-order chi connectivity index (χ0) is 12.3. The van der Waals surface area contributed by atoms with Crippen molar-refractivity contribution in [2.45, 2.75) is 65.0 Å². The molecule has 0 radical (unpaired) electrons. The van der Waals surface area contributed by atoms with E-state index in [1.54, 1.807) is 0 Å². The Kier molecular flexibility index (Phi) is 4.87. The highest BCUT2D eigenvalue weighted by Crippen LogP contribution is 2.32. The van der Waals surface area contributed by atoms with E-state index in [1.807, 2.05) is 0 Å². The topological polar surface area (TPSA) is 15.3 Å². The molecule has 0 bridgehead atoms. The molecule has 2 nitrogen and oxygen atoms in total. The van der Waals surface area contributed by atoms with Crippen molar-refractivity contribution >= 4 is 0 Å². The fourth-order valence-corrected chi connectivity index (χ4v) is 3.29. The summed E-state index contributed by atoms with van der Waals surface area (Å²) in [6.45, 7) is 11.0. The summed E-state index contributed by atoms with van der Waals surface area (Å²) < 4.78 is 0. The summed E-state index contributed by atoms with van der Waals surface area (Å²) in [6, 6.07) is 1.57. The first-order valence-corrected chi connectivity index (χ1v) is 7.68. The van der Waals surface area contributed by atoms with Gasteiger partial charge in [0, 0.05) is 18.6 Å². The van der Waals surface area contributed by atoms with Crippen LogP contribution in [-0.2, 0) is 0 Å². The predicted molar refractivity (Wildman–Crippen MR) is 74.2 cm³/mol. The van der Waals surface area contributed by atoms with Gasteiger partial charge in [-0.25, -0.2) is 0 Å². The van der Waals surface area contributed by atoms with Gasteiger partial charge in [0.25, 0.3) is 0 Å². The zero-order valence-corrected chi connectivity index (χ0v) is 11.9. The van der Waals surface area contributed by atoms with Gasteiger partial charge in [0.05, 0.1) is 0 Å². The summed E-state index contributed by atoms with van der Waals surface area (Å²) in [5, 5.41) is 3.71. The van der Waals surface area contributed by atoms with Gasteiger partial charge in [-0.2, -0.15) is 0 Å². The Labute approximate surface area is 107 Å². The second-order valence-corrected chi connectivity index (χ2v) is 6.33. The fraction of sp³-hybridized carbons (Fsp3) is 1.00. The van der Waals surface area contributed by atoms with E-state index < -0.39 is 0 Å². The van der Waals surface area contributed by atoms with Crippen LogP contribution in [0.1, 0.15) is 52.9 Å². The Morgan fingerprint density at radius 3 is 2.65 bits per heavy atom. The van der Waals surface area contributed by atoms with Crippen LogP contribution < -0.4 is 5.32 Å². The lowest BCUT2D eigenvalue weighted by Gasteiger charge is -2.42. The van der Waals surface area contributed by atoms with E-state index in [9.17, 15) is 0 Å². The maximum atomic E-state index is 3.71. The predicted octanol–water partition coefficient (Wildman–Crippen LogP) is 2.89. The first-order valence-electron chi connectivity index (χ1n) is 7.68. The van der Waals surface area contributed by atoms with Crippen LogP contribution in [0.25, 0.3) is 0 Å². The molecule has 1 heterocycles. The smallest absolute Gasteiger partial charge is 0.00953 e. The second-order valence-electron chi connectivity index (χ2n) is 6.33. The average Bonchev–Trinajstić information content (AvgIpc) is 2.21. The minimum atomic E-state index is 0.744. The van der Waals surface area contributed by atoms with Gasteiger partial charge in [0.1, 0.15) is 0 Å². The van der Waals surface area contributed by atoms with Crippen molar-refractivity contribution in [2.24, 2.45) is 11.8 Å². The maximum Gasteiger partial charge on any atom is 0.00953 e. The van der Waals surface area contributed by atoms with Crippen LogP contribution >= 0.6 is 0 Å². The molecule has 1 N–H and O–H groups in total. The van der Waals surface area contributed by atoms with Gasteiger partial charge in [-0.15, -0.1) is 0 Å². The molecule has 3 unspecified atom stereocenters. The number of nitrogens with zero attached hydrogens (tertiary/aromatic N) is 1. The summed E-state index contributed by atoms with van der Waals surface area (Å²) in [7, 11) is 0. The van der Waals surface area contributed by atoms with Crippen molar-refractivity contribution in [3.8, 4) is 0 Å². The van der Waals surface area contributed by atoms with Crippen LogP contribution in [0.2, 0.25) is 0 Å². The van der Waals surface area contributed by atoms with Crippen molar-refractivity contribution in [1.82, 2.24) is 10.2 Å². The van der Waals surface area contributed by atoms with Gasteiger partial charge in [-0.3, -0.25) is 0 Å². The van der Waals surface area contributed by atoms with Crippen molar-refractivity contribution in [3.05, 3.63) is 0 Å². The first kappa shape index (κ1) is 13.4. The summed E-state index contributed by atoms with van der Waals surface area (Å²) in [4.78, 5) is 2.78. The number of hydrogen-bond acceptors (Lipinski definition) is 2. The van der Waals surface area contributed by atoms with Crippen LogP contribution in [0.5, 0.6) is 0 Å². The number of hydrogen-bond donors (Lipinski definition) is 1. The fourth-order valence-electron chi connectivity index (χ4n) is 3.29. The molecular weight excluding hydrogens is 208 g/mol. The first-order chi connectivity index (χ1) is 8.20. The third-order valence-electron chi connectivity index (χ3n) is 4.97. The van der Waals surface area contributed by atoms with Gasteiger partial charge < -0.3 is 10.2 Å². The average molecular weight is 238 g/mol. The van der Waals surface area contributed by atoms with Crippen molar-refractivity contribution in [2.75, 3.05) is 19.6 Å². The molecule has 1 saturated heterocycles. The van der Waals surface area contributed by atoms with Crippen LogP contribution in [0.3, 0.4) is 0 Å². The highest BCUT2D eigenvalue weighted by Gasteiger charge is 2.30. The molecular formula is C15H30N2. The highest BCUT2D eigenvalue weighted by molar-refractivity contribution is 4.85. The molecule has 0 aromatic rings. The molecule has 17 heavy (non-hydrogen) atoms. The van der Waals surface area contributed by atoms with Gasteiger partial charge >= 0.3 is 0 Å². The minimum Gasteiger partial charge on any atom is -0.314 e. The van der Waals surface area contributed by atoms with Crippen LogP contribution in [-0.4, -0.2) is 36.6 Å². The summed E-state index contributed by atoms with van der Waals surface area (Å²) in [5.74, 6) is 1.79.